The summed E-state index contributed by atoms with van der Waals surface area (Å²) in [4.78, 5) is 11.4. The SMILES string of the molecule is CCc1ccc(Nc2nccc(N3c4ccccc4CC3C)n2)cc1. The van der Waals surface area contributed by atoms with Crippen LogP contribution in [-0.2, 0) is 12.8 Å². The van der Waals surface area contributed by atoms with Gasteiger partial charge in [0.2, 0.25) is 5.95 Å². The van der Waals surface area contributed by atoms with Gasteiger partial charge in [0.1, 0.15) is 5.82 Å². The van der Waals surface area contributed by atoms with Crippen LogP contribution >= 0.6 is 0 Å². The van der Waals surface area contributed by atoms with Gasteiger partial charge in [0, 0.05) is 23.6 Å². The Morgan fingerprint density at radius 1 is 1.08 bits per heavy atom. The average Bonchev–Trinajstić information content (AvgIpc) is 2.98. The van der Waals surface area contributed by atoms with Gasteiger partial charge in [-0.15, -0.1) is 0 Å². The summed E-state index contributed by atoms with van der Waals surface area (Å²) < 4.78 is 0. The highest BCUT2D eigenvalue weighted by atomic mass is 15.3. The molecule has 1 aliphatic heterocycles. The summed E-state index contributed by atoms with van der Waals surface area (Å²) in [6.07, 6.45) is 3.90. The molecule has 25 heavy (non-hydrogen) atoms. The normalized spacial score (nSPS) is 15.9. The van der Waals surface area contributed by atoms with E-state index in [0.29, 0.717) is 12.0 Å². The number of nitrogens with zero attached hydrogens (tertiary/aromatic N) is 3. The third kappa shape index (κ3) is 3.07. The van der Waals surface area contributed by atoms with Crippen molar-refractivity contribution in [1.29, 1.82) is 0 Å². The predicted octanol–water partition coefficient (Wildman–Crippen LogP) is 4.87. The molecule has 0 saturated carbocycles. The number of anilines is 4. The number of benzene rings is 2. The lowest BCUT2D eigenvalue weighted by molar-refractivity contribution is 0.749. The van der Waals surface area contributed by atoms with Crippen LogP contribution < -0.4 is 10.2 Å². The van der Waals surface area contributed by atoms with Gasteiger partial charge in [-0.2, -0.15) is 4.98 Å². The van der Waals surface area contributed by atoms with Crippen molar-refractivity contribution in [3.63, 3.8) is 0 Å². The Bertz CT molecular complexity index is 873. The van der Waals surface area contributed by atoms with Gasteiger partial charge < -0.3 is 10.2 Å². The van der Waals surface area contributed by atoms with Crippen molar-refractivity contribution in [3.8, 4) is 0 Å². The quantitative estimate of drug-likeness (QED) is 0.741. The molecule has 1 unspecified atom stereocenters. The standard InChI is InChI=1S/C21H22N4/c1-3-16-8-10-18(11-9-16)23-21-22-13-12-20(24-21)25-15(2)14-17-6-4-5-7-19(17)25/h4-13,15H,3,14H2,1-2H3,(H,22,23,24). The molecule has 0 radical (unpaired) electrons. The highest BCUT2D eigenvalue weighted by Crippen LogP contribution is 2.37. The minimum atomic E-state index is 0.393. The fourth-order valence-electron chi connectivity index (χ4n) is 3.41. The molecular weight excluding hydrogens is 308 g/mol. The lowest BCUT2D eigenvalue weighted by Crippen LogP contribution is -2.25. The maximum Gasteiger partial charge on any atom is 0.229 e. The first-order chi connectivity index (χ1) is 12.2. The zero-order valence-electron chi connectivity index (χ0n) is 14.6. The Hall–Kier alpha value is -2.88. The summed E-state index contributed by atoms with van der Waals surface area (Å²) in [5.74, 6) is 1.55. The van der Waals surface area contributed by atoms with Crippen molar-refractivity contribution in [1.82, 2.24) is 9.97 Å². The van der Waals surface area contributed by atoms with E-state index in [-0.39, 0.29) is 0 Å². The highest BCUT2D eigenvalue weighted by Gasteiger charge is 2.27. The Kier molecular flexibility index (Phi) is 4.10. The van der Waals surface area contributed by atoms with E-state index in [1.807, 2.05) is 12.3 Å². The molecule has 0 aliphatic carbocycles. The molecular formula is C21H22N4. The van der Waals surface area contributed by atoms with E-state index in [0.717, 1.165) is 24.3 Å². The molecule has 0 amide bonds. The molecule has 0 saturated heterocycles. The fourth-order valence-corrected chi connectivity index (χ4v) is 3.41. The zero-order chi connectivity index (χ0) is 17.2. The molecule has 0 fully saturated rings. The van der Waals surface area contributed by atoms with Crippen LogP contribution in [0, 0.1) is 0 Å². The first kappa shape index (κ1) is 15.6. The molecule has 4 heteroatoms. The van der Waals surface area contributed by atoms with E-state index in [1.54, 1.807) is 0 Å². The third-order valence-corrected chi connectivity index (χ3v) is 4.71. The summed E-state index contributed by atoms with van der Waals surface area (Å²) >= 11 is 0. The Balaban J connectivity index is 1.61. The molecule has 1 N–H and O–H groups in total. The molecule has 3 aromatic rings. The topological polar surface area (TPSA) is 41.1 Å². The summed E-state index contributed by atoms with van der Waals surface area (Å²) in [6.45, 7) is 4.39. The lowest BCUT2D eigenvalue weighted by atomic mass is 10.1. The van der Waals surface area contributed by atoms with Crippen LogP contribution in [0.4, 0.5) is 23.1 Å². The fraction of sp³-hybridized carbons (Fsp3) is 0.238. The van der Waals surface area contributed by atoms with Gasteiger partial charge in [-0.3, -0.25) is 0 Å². The maximum absolute atomic E-state index is 4.75. The number of nitrogens with one attached hydrogen (secondary N) is 1. The molecule has 1 atom stereocenters. The van der Waals surface area contributed by atoms with Gasteiger partial charge in [-0.05, 0) is 55.2 Å². The number of para-hydroxylation sites is 1. The second-order valence-electron chi connectivity index (χ2n) is 6.47. The van der Waals surface area contributed by atoms with Gasteiger partial charge in [0.05, 0.1) is 0 Å². The van der Waals surface area contributed by atoms with Crippen LogP contribution in [0.1, 0.15) is 25.0 Å². The number of hydrogen-bond acceptors (Lipinski definition) is 4. The van der Waals surface area contributed by atoms with Crippen molar-refractivity contribution in [2.45, 2.75) is 32.7 Å². The largest absolute Gasteiger partial charge is 0.324 e. The Morgan fingerprint density at radius 2 is 1.88 bits per heavy atom. The molecule has 126 valence electrons. The van der Waals surface area contributed by atoms with E-state index >= 15 is 0 Å². The molecule has 1 aliphatic rings. The van der Waals surface area contributed by atoms with Crippen molar-refractivity contribution in [2.75, 3.05) is 10.2 Å². The predicted molar refractivity (Wildman–Crippen MR) is 103 cm³/mol. The van der Waals surface area contributed by atoms with Crippen LogP contribution in [0.25, 0.3) is 0 Å². The second-order valence-corrected chi connectivity index (χ2v) is 6.47. The van der Waals surface area contributed by atoms with Gasteiger partial charge in [-0.1, -0.05) is 37.3 Å². The number of rotatable bonds is 4. The van der Waals surface area contributed by atoms with Crippen molar-refractivity contribution in [3.05, 3.63) is 71.9 Å². The van der Waals surface area contributed by atoms with Gasteiger partial charge in [0.15, 0.2) is 0 Å². The summed E-state index contributed by atoms with van der Waals surface area (Å²) in [5, 5.41) is 3.31. The zero-order valence-corrected chi connectivity index (χ0v) is 14.6. The van der Waals surface area contributed by atoms with Crippen molar-refractivity contribution >= 4 is 23.1 Å². The number of hydrogen-bond donors (Lipinski definition) is 1. The summed E-state index contributed by atoms with van der Waals surface area (Å²) in [7, 11) is 0. The average molecular weight is 330 g/mol. The first-order valence-electron chi connectivity index (χ1n) is 8.80. The molecule has 2 heterocycles. The minimum absolute atomic E-state index is 0.393. The number of aryl methyl sites for hydroxylation is 1. The van der Waals surface area contributed by atoms with Crippen LogP contribution in [0.2, 0.25) is 0 Å². The number of fused-ring (bicyclic) bond motifs is 1. The first-order valence-corrected chi connectivity index (χ1v) is 8.80. The van der Waals surface area contributed by atoms with E-state index < -0.39 is 0 Å². The van der Waals surface area contributed by atoms with Crippen molar-refractivity contribution < 1.29 is 0 Å². The lowest BCUT2D eigenvalue weighted by Gasteiger charge is -2.24. The second kappa shape index (κ2) is 6.55. The van der Waals surface area contributed by atoms with Crippen LogP contribution in [0.15, 0.2) is 60.8 Å². The molecule has 4 rings (SSSR count). The number of aromatic nitrogens is 2. The van der Waals surface area contributed by atoms with Crippen molar-refractivity contribution in [2.24, 2.45) is 0 Å². The summed E-state index contributed by atoms with van der Waals surface area (Å²) in [6, 6.07) is 19.3. The highest BCUT2D eigenvalue weighted by molar-refractivity contribution is 5.69. The van der Waals surface area contributed by atoms with Crippen LogP contribution in [-0.4, -0.2) is 16.0 Å². The van der Waals surface area contributed by atoms with Gasteiger partial charge in [-0.25, -0.2) is 4.98 Å². The molecule has 0 bridgehead atoms. The van der Waals surface area contributed by atoms with E-state index in [2.05, 4.69) is 77.6 Å². The molecule has 0 spiro atoms. The minimum Gasteiger partial charge on any atom is -0.324 e. The van der Waals surface area contributed by atoms with E-state index in [1.165, 1.54) is 16.8 Å². The van der Waals surface area contributed by atoms with Gasteiger partial charge >= 0.3 is 0 Å². The molecule has 2 aromatic carbocycles. The van der Waals surface area contributed by atoms with Crippen LogP contribution in [0.3, 0.4) is 0 Å². The van der Waals surface area contributed by atoms with Crippen LogP contribution in [0.5, 0.6) is 0 Å². The summed E-state index contributed by atoms with van der Waals surface area (Å²) in [5.41, 5.74) is 4.94. The van der Waals surface area contributed by atoms with E-state index in [4.69, 9.17) is 4.98 Å². The maximum atomic E-state index is 4.75. The molecule has 4 nitrogen and oxygen atoms in total. The molecule has 1 aromatic heterocycles. The monoisotopic (exact) mass is 330 g/mol. The third-order valence-electron chi connectivity index (χ3n) is 4.71. The van der Waals surface area contributed by atoms with E-state index in [9.17, 15) is 0 Å². The Labute approximate surface area is 148 Å². The van der Waals surface area contributed by atoms with Gasteiger partial charge in [0.25, 0.3) is 0 Å². The Morgan fingerprint density at radius 3 is 2.68 bits per heavy atom. The smallest absolute Gasteiger partial charge is 0.229 e.